The Morgan fingerprint density at radius 3 is 2.23 bits per heavy atom. The fraction of sp³-hybridized carbons (Fsp3) is 0.816. The van der Waals surface area contributed by atoms with E-state index in [1.807, 2.05) is 39.6 Å². The maximum Gasteiger partial charge on any atom is 0.225 e. The van der Waals surface area contributed by atoms with Gasteiger partial charge in [0.2, 0.25) is 17.7 Å². The van der Waals surface area contributed by atoms with Gasteiger partial charge in [-0.05, 0) is 56.4 Å². The Bertz CT molecular complexity index is 1120. The fourth-order valence-electron chi connectivity index (χ4n) is 7.88. The molecule has 1 fully saturated rings. The SMILES string of the molecule is CCC1=C(C)C(C)C=C([C@H](O)[C@@H](C)NC(=O)[C@H](C)[C@@H](OC)[C@@H]2CCCN2C(=O)C[C@@H](OC)[C@H]([C@@H](C)CC)N(C)C(=O)CC(C)C)C1C. The van der Waals surface area contributed by atoms with Gasteiger partial charge < -0.3 is 29.7 Å². The van der Waals surface area contributed by atoms with E-state index in [2.05, 4.69) is 52.9 Å². The molecular weight excluding hydrogens is 594 g/mol. The number of amides is 3. The lowest BCUT2D eigenvalue weighted by molar-refractivity contribution is -0.146. The summed E-state index contributed by atoms with van der Waals surface area (Å²) in [6.45, 7) is 21.1. The molecule has 10 atom stereocenters. The maximum absolute atomic E-state index is 13.9. The van der Waals surface area contributed by atoms with Crippen molar-refractivity contribution in [1.29, 1.82) is 0 Å². The molecule has 47 heavy (non-hydrogen) atoms. The van der Waals surface area contributed by atoms with Crippen molar-refractivity contribution in [2.24, 2.45) is 29.6 Å². The number of nitrogens with zero attached hydrogens (tertiary/aromatic N) is 2. The molecule has 0 saturated carbocycles. The maximum atomic E-state index is 13.9. The number of nitrogens with one attached hydrogen (secondary N) is 1. The molecule has 0 aromatic heterocycles. The van der Waals surface area contributed by atoms with Gasteiger partial charge in [0.1, 0.15) is 0 Å². The third-order valence-electron chi connectivity index (χ3n) is 11.1. The summed E-state index contributed by atoms with van der Waals surface area (Å²) in [7, 11) is 5.03. The molecule has 270 valence electrons. The molecule has 0 aromatic rings. The lowest BCUT2D eigenvalue weighted by Gasteiger charge is -2.39. The largest absolute Gasteiger partial charge is 0.387 e. The van der Waals surface area contributed by atoms with Gasteiger partial charge in [0, 0.05) is 40.2 Å². The van der Waals surface area contributed by atoms with E-state index >= 15 is 0 Å². The second-order valence-electron chi connectivity index (χ2n) is 14.7. The van der Waals surface area contributed by atoms with Crippen LogP contribution in [0.1, 0.15) is 108 Å². The molecule has 0 aromatic carbocycles. The first-order valence-corrected chi connectivity index (χ1v) is 18.1. The first kappa shape index (κ1) is 40.9. The van der Waals surface area contributed by atoms with Crippen LogP contribution in [0.5, 0.6) is 0 Å². The van der Waals surface area contributed by atoms with Crippen LogP contribution in [0, 0.1) is 29.6 Å². The Labute approximate surface area is 285 Å². The van der Waals surface area contributed by atoms with Crippen molar-refractivity contribution in [3.8, 4) is 0 Å². The Kier molecular flexibility index (Phi) is 16.1. The third-order valence-corrected chi connectivity index (χ3v) is 11.1. The summed E-state index contributed by atoms with van der Waals surface area (Å²) in [5.41, 5.74) is 3.67. The Morgan fingerprint density at radius 1 is 1.06 bits per heavy atom. The van der Waals surface area contributed by atoms with E-state index in [1.54, 1.807) is 19.1 Å². The first-order valence-electron chi connectivity index (χ1n) is 18.1. The summed E-state index contributed by atoms with van der Waals surface area (Å²) in [5.74, 6) is -0.0220. The van der Waals surface area contributed by atoms with Crippen LogP contribution >= 0.6 is 0 Å². The van der Waals surface area contributed by atoms with Gasteiger partial charge in [-0.15, -0.1) is 0 Å². The van der Waals surface area contributed by atoms with E-state index in [0.717, 1.165) is 31.3 Å². The molecule has 9 heteroatoms. The predicted molar refractivity (Wildman–Crippen MR) is 189 cm³/mol. The first-order chi connectivity index (χ1) is 22.0. The highest BCUT2D eigenvalue weighted by Gasteiger charge is 2.42. The number of hydrogen-bond acceptors (Lipinski definition) is 6. The molecule has 0 bridgehead atoms. The van der Waals surface area contributed by atoms with Crippen LogP contribution in [0.4, 0.5) is 0 Å². The highest BCUT2D eigenvalue weighted by molar-refractivity contribution is 5.81. The van der Waals surface area contributed by atoms with Gasteiger partial charge in [-0.3, -0.25) is 14.4 Å². The van der Waals surface area contributed by atoms with Crippen molar-refractivity contribution in [2.45, 2.75) is 144 Å². The summed E-state index contributed by atoms with van der Waals surface area (Å²) < 4.78 is 11.9. The van der Waals surface area contributed by atoms with Crippen molar-refractivity contribution in [1.82, 2.24) is 15.1 Å². The smallest absolute Gasteiger partial charge is 0.225 e. The molecule has 0 spiro atoms. The number of carbonyl (C=O) groups is 3. The van der Waals surface area contributed by atoms with Gasteiger partial charge in [-0.1, -0.05) is 79.0 Å². The van der Waals surface area contributed by atoms with Crippen molar-refractivity contribution in [3.05, 3.63) is 22.8 Å². The lowest BCUT2D eigenvalue weighted by atomic mass is 9.75. The van der Waals surface area contributed by atoms with E-state index in [4.69, 9.17) is 9.47 Å². The average Bonchev–Trinajstić information content (AvgIpc) is 3.51. The zero-order chi connectivity index (χ0) is 35.7. The van der Waals surface area contributed by atoms with Crippen LogP contribution in [-0.4, -0.2) is 96.9 Å². The zero-order valence-electron chi connectivity index (χ0n) is 31.8. The minimum Gasteiger partial charge on any atom is -0.387 e. The molecule has 9 nitrogen and oxygen atoms in total. The van der Waals surface area contributed by atoms with E-state index in [9.17, 15) is 19.5 Å². The van der Waals surface area contributed by atoms with Gasteiger partial charge in [0.25, 0.3) is 0 Å². The minimum atomic E-state index is -0.807. The summed E-state index contributed by atoms with van der Waals surface area (Å²) in [5, 5.41) is 14.4. The molecule has 2 unspecified atom stereocenters. The molecule has 1 saturated heterocycles. The Balaban J connectivity index is 2.17. The van der Waals surface area contributed by atoms with E-state index in [0.29, 0.717) is 13.0 Å². The number of aliphatic hydroxyl groups is 1. The molecular formula is C38H67N3O6. The van der Waals surface area contributed by atoms with Crippen LogP contribution in [0.2, 0.25) is 0 Å². The van der Waals surface area contributed by atoms with Gasteiger partial charge >= 0.3 is 0 Å². The Morgan fingerprint density at radius 2 is 1.70 bits per heavy atom. The van der Waals surface area contributed by atoms with Gasteiger partial charge in [-0.25, -0.2) is 0 Å². The normalized spacial score (nSPS) is 24.7. The topological polar surface area (TPSA) is 108 Å². The predicted octanol–water partition coefficient (Wildman–Crippen LogP) is 5.76. The molecule has 1 aliphatic heterocycles. The number of ether oxygens (including phenoxy) is 2. The molecule has 2 rings (SSSR count). The second-order valence-corrected chi connectivity index (χ2v) is 14.7. The highest BCUT2D eigenvalue weighted by Crippen LogP contribution is 2.37. The van der Waals surface area contributed by atoms with Crippen LogP contribution in [0.3, 0.4) is 0 Å². The lowest BCUT2D eigenvalue weighted by Crippen LogP contribution is -2.54. The summed E-state index contributed by atoms with van der Waals surface area (Å²) in [6.07, 6.45) is 4.27. The number of allylic oxidation sites excluding steroid dienone is 3. The summed E-state index contributed by atoms with van der Waals surface area (Å²) >= 11 is 0. The van der Waals surface area contributed by atoms with Crippen molar-refractivity contribution < 1.29 is 29.0 Å². The van der Waals surface area contributed by atoms with E-state index < -0.39 is 30.3 Å². The third kappa shape index (κ3) is 9.91. The van der Waals surface area contributed by atoms with Crippen molar-refractivity contribution in [2.75, 3.05) is 27.8 Å². The van der Waals surface area contributed by atoms with E-state index in [1.165, 1.54) is 11.1 Å². The van der Waals surface area contributed by atoms with Crippen LogP contribution < -0.4 is 5.32 Å². The molecule has 1 aliphatic carbocycles. The summed E-state index contributed by atoms with van der Waals surface area (Å²) in [6, 6.07) is -0.998. The Hall–Kier alpha value is -2.23. The monoisotopic (exact) mass is 662 g/mol. The average molecular weight is 662 g/mol. The van der Waals surface area contributed by atoms with Crippen LogP contribution in [0.15, 0.2) is 22.8 Å². The molecule has 2 N–H and O–H groups in total. The molecule has 2 aliphatic rings. The van der Waals surface area contributed by atoms with Gasteiger partial charge in [0.15, 0.2) is 0 Å². The van der Waals surface area contributed by atoms with Crippen LogP contribution in [0.25, 0.3) is 0 Å². The standard InChI is InChI=1S/C38H67N3O6/c1-14-23(5)35(40(11)33(42)19-22(3)4)32(46-12)21-34(43)41-18-16-17-31(41)37(47-13)27(9)38(45)39-28(10)36(44)30-20-24(6)25(7)29(15-2)26(30)8/h20,22-24,26-28,31-32,35-37,44H,14-19,21H2,1-13H3,(H,39,45)/t23-,24?,26?,27+,28+,31-,32+,35-,36+,37+/m0/s1. The summed E-state index contributed by atoms with van der Waals surface area (Å²) in [4.78, 5) is 44.3. The zero-order valence-corrected chi connectivity index (χ0v) is 31.8. The molecule has 1 heterocycles. The van der Waals surface area contributed by atoms with E-state index in [-0.39, 0.29) is 59.9 Å². The number of rotatable bonds is 17. The van der Waals surface area contributed by atoms with Crippen LogP contribution in [-0.2, 0) is 23.9 Å². The molecule has 0 radical (unpaired) electrons. The molecule has 3 amide bonds. The second kappa shape index (κ2) is 18.5. The quantitative estimate of drug-likeness (QED) is 0.192. The number of methoxy groups -OCH3 is 2. The number of hydrogen-bond donors (Lipinski definition) is 2. The minimum absolute atomic E-state index is 0.0543. The van der Waals surface area contributed by atoms with Gasteiger partial charge in [-0.2, -0.15) is 0 Å². The number of likely N-dealkylation sites (tertiary alicyclic amines) is 1. The van der Waals surface area contributed by atoms with Crippen molar-refractivity contribution in [3.63, 3.8) is 0 Å². The van der Waals surface area contributed by atoms with Gasteiger partial charge in [0.05, 0.1) is 48.8 Å². The highest BCUT2D eigenvalue weighted by atomic mass is 16.5. The number of carbonyl (C=O) groups excluding carboxylic acids is 3. The fourth-order valence-corrected chi connectivity index (χ4v) is 7.88. The number of likely N-dealkylation sites (N-methyl/N-ethyl adjacent to an activating group) is 1. The van der Waals surface area contributed by atoms with Crippen molar-refractivity contribution >= 4 is 17.7 Å². The number of aliphatic hydroxyl groups excluding tert-OH is 1.